The molecule has 0 aromatic heterocycles. The van der Waals surface area contributed by atoms with Gasteiger partial charge in [0.2, 0.25) is 0 Å². The molecule has 1 aromatic carbocycles. The lowest BCUT2D eigenvalue weighted by Gasteiger charge is -2.27. The van der Waals surface area contributed by atoms with Crippen molar-refractivity contribution in [1.29, 1.82) is 0 Å². The molecule has 0 N–H and O–H groups in total. The molecule has 14 heavy (non-hydrogen) atoms. The summed E-state index contributed by atoms with van der Waals surface area (Å²) in [7, 11) is 0. The Kier molecular flexibility index (Phi) is 2.28. The van der Waals surface area contributed by atoms with Crippen LogP contribution in [0.5, 0.6) is 0 Å². The van der Waals surface area contributed by atoms with Gasteiger partial charge in [-0.3, -0.25) is 4.90 Å². The van der Waals surface area contributed by atoms with Crippen LogP contribution in [-0.2, 0) is 6.54 Å². The molecule has 0 aliphatic carbocycles. The molecule has 1 fully saturated rings. The second-order valence-corrected chi connectivity index (χ2v) is 5.25. The quantitative estimate of drug-likeness (QED) is 0.569. The Morgan fingerprint density at radius 1 is 1.36 bits per heavy atom. The molecular weight excluding hydrogens is 285 g/mol. The zero-order chi connectivity index (χ0) is 9.54. The summed E-state index contributed by atoms with van der Waals surface area (Å²) >= 11 is 2.52. The van der Waals surface area contributed by atoms with Crippen molar-refractivity contribution in [3.05, 3.63) is 35.4 Å². The first-order valence-corrected chi connectivity index (χ1v) is 6.79. The van der Waals surface area contributed by atoms with E-state index in [1.54, 1.807) is 11.1 Å². The molecule has 3 atom stereocenters. The van der Waals surface area contributed by atoms with E-state index >= 15 is 0 Å². The average molecular weight is 299 g/mol. The van der Waals surface area contributed by atoms with E-state index in [-0.39, 0.29) is 0 Å². The number of hydrogen-bond acceptors (Lipinski definition) is 1. The molecule has 1 nitrogen and oxygen atoms in total. The van der Waals surface area contributed by atoms with Gasteiger partial charge in [-0.05, 0) is 23.5 Å². The molecule has 0 amide bonds. The molecule has 1 saturated heterocycles. The molecular formula is C12H14IN. The van der Waals surface area contributed by atoms with Gasteiger partial charge in [0, 0.05) is 23.6 Å². The molecule has 3 rings (SSSR count). The molecule has 74 valence electrons. The van der Waals surface area contributed by atoms with Gasteiger partial charge in [-0.2, -0.15) is 0 Å². The fourth-order valence-electron chi connectivity index (χ4n) is 2.86. The Morgan fingerprint density at radius 2 is 2.21 bits per heavy atom. The van der Waals surface area contributed by atoms with E-state index < -0.39 is 0 Å². The molecule has 2 bridgehead atoms. The zero-order valence-electron chi connectivity index (χ0n) is 8.12. The summed E-state index contributed by atoms with van der Waals surface area (Å²) < 4.78 is 1.28. The van der Waals surface area contributed by atoms with Crippen molar-refractivity contribution in [3.8, 4) is 0 Å². The van der Waals surface area contributed by atoms with Crippen LogP contribution in [0.25, 0.3) is 0 Å². The fourth-order valence-corrected chi connectivity index (χ4v) is 3.78. The number of halogens is 1. The van der Waals surface area contributed by atoms with E-state index in [1.165, 1.54) is 23.9 Å². The highest BCUT2D eigenvalue weighted by molar-refractivity contribution is 14.1. The van der Waals surface area contributed by atoms with Gasteiger partial charge < -0.3 is 0 Å². The largest absolute Gasteiger partial charge is 0.295 e. The number of benzene rings is 1. The van der Waals surface area contributed by atoms with Crippen LogP contribution in [0, 0.1) is 0 Å². The maximum absolute atomic E-state index is 2.65. The predicted octanol–water partition coefficient (Wildman–Crippen LogP) is 2.79. The number of fused-ring (bicyclic) bond motifs is 4. The minimum atomic E-state index is 0.819. The lowest BCUT2D eigenvalue weighted by molar-refractivity contribution is 0.257. The molecule has 2 heteroatoms. The summed E-state index contributed by atoms with van der Waals surface area (Å²) in [5.74, 6) is 0.819. The summed E-state index contributed by atoms with van der Waals surface area (Å²) in [5.41, 5.74) is 3.19. The Labute approximate surface area is 98.6 Å². The molecule has 2 aliphatic rings. The van der Waals surface area contributed by atoms with Gasteiger partial charge >= 0.3 is 0 Å². The highest BCUT2D eigenvalue weighted by Crippen LogP contribution is 2.39. The van der Waals surface area contributed by atoms with E-state index in [9.17, 15) is 0 Å². The van der Waals surface area contributed by atoms with Crippen LogP contribution in [-0.4, -0.2) is 21.9 Å². The first kappa shape index (κ1) is 9.16. The van der Waals surface area contributed by atoms with E-state index in [1.807, 2.05) is 0 Å². The standard InChI is InChI=1S/C12H14IN/c13-6-11-5-10-8-14(11)7-9-3-1-2-4-12(9)10/h1-4,10-11H,5-8H2/t10-,11+/m1/s1. The van der Waals surface area contributed by atoms with E-state index in [2.05, 4.69) is 51.8 Å². The van der Waals surface area contributed by atoms with Crippen LogP contribution in [0.3, 0.4) is 0 Å². The van der Waals surface area contributed by atoms with E-state index in [0.29, 0.717) is 0 Å². The zero-order valence-corrected chi connectivity index (χ0v) is 10.3. The fraction of sp³-hybridized carbons (Fsp3) is 0.500. The SMILES string of the molecule is IC[C@@H]1C[C@@H]2CN1Cc1ccccc12. The molecule has 2 heterocycles. The van der Waals surface area contributed by atoms with Crippen molar-refractivity contribution in [1.82, 2.24) is 4.90 Å². The van der Waals surface area contributed by atoms with Crippen LogP contribution < -0.4 is 0 Å². The van der Waals surface area contributed by atoms with Crippen molar-refractivity contribution >= 4 is 22.6 Å². The van der Waals surface area contributed by atoms with E-state index in [0.717, 1.165) is 12.0 Å². The molecule has 0 spiro atoms. The summed E-state index contributed by atoms with van der Waals surface area (Å²) in [5, 5.41) is 0. The van der Waals surface area contributed by atoms with Crippen LogP contribution in [0.2, 0.25) is 0 Å². The lowest BCUT2D eigenvalue weighted by Crippen LogP contribution is -2.31. The summed E-state index contributed by atoms with van der Waals surface area (Å²) in [6.45, 7) is 2.48. The monoisotopic (exact) mass is 299 g/mol. The molecule has 0 saturated carbocycles. The smallest absolute Gasteiger partial charge is 0.0240 e. The average Bonchev–Trinajstić information content (AvgIpc) is 2.57. The third-order valence-electron chi connectivity index (χ3n) is 3.57. The molecule has 1 aromatic rings. The number of rotatable bonds is 1. The minimum absolute atomic E-state index is 0.819. The Balaban J connectivity index is 1.99. The van der Waals surface area contributed by atoms with Gasteiger partial charge in [-0.1, -0.05) is 46.9 Å². The summed E-state index contributed by atoms with van der Waals surface area (Å²) in [6.07, 6.45) is 1.37. The van der Waals surface area contributed by atoms with Crippen LogP contribution in [0.1, 0.15) is 23.5 Å². The Hall–Kier alpha value is -0.0900. The van der Waals surface area contributed by atoms with Gasteiger partial charge in [-0.15, -0.1) is 0 Å². The maximum atomic E-state index is 2.65. The Morgan fingerprint density at radius 3 is 3.07 bits per heavy atom. The highest BCUT2D eigenvalue weighted by Gasteiger charge is 2.36. The number of hydrogen-bond donors (Lipinski definition) is 0. The van der Waals surface area contributed by atoms with Crippen LogP contribution in [0.15, 0.2) is 24.3 Å². The van der Waals surface area contributed by atoms with Gasteiger partial charge in [0.25, 0.3) is 0 Å². The predicted molar refractivity (Wildman–Crippen MR) is 66.9 cm³/mol. The number of nitrogens with zero attached hydrogens (tertiary/aromatic N) is 1. The minimum Gasteiger partial charge on any atom is -0.295 e. The van der Waals surface area contributed by atoms with Crippen molar-refractivity contribution < 1.29 is 0 Å². The Bertz CT molecular complexity index is 350. The second kappa shape index (κ2) is 3.49. The molecule has 2 aliphatic heterocycles. The summed E-state index contributed by atoms with van der Waals surface area (Å²) in [6, 6.07) is 9.81. The normalized spacial score (nSPS) is 34.2. The molecule has 1 unspecified atom stereocenters. The summed E-state index contributed by atoms with van der Waals surface area (Å²) in [4.78, 5) is 2.65. The van der Waals surface area contributed by atoms with Crippen LogP contribution >= 0.6 is 22.6 Å². The topological polar surface area (TPSA) is 3.24 Å². The third kappa shape index (κ3) is 1.31. The van der Waals surface area contributed by atoms with Crippen LogP contribution in [0.4, 0.5) is 0 Å². The third-order valence-corrected chi connectivity index (χ3v) is 4.59. The maximum Gasteiger partial charge on any atom is 0.0240 e. The van der Waals surface area contributed by atoms with Crippen molar-refractivity contribution in [3.63, 3.8) is 0 Å². The first-order valence-electron chi connectivity index (χ1n) is 5.26. The second-order valence-electron chi connectivity index (χ2n) is 4.37. The van der Waals surface area contributed by atoms with Gasteiger partial charge in [0.15, 0.2) is 0 Å². The lowest BCUT2D eigenvalue weighted by atomic mass is 9.91. The van der Waals surface area contributed by atoms with Gasteiger partial charge in [0.1, 0.15) is 0 Å². The van der Waals surface area contributed by atoms with E-state index in [4.69, 9.17) is 0 Å². The van der Waals surface area contributed by atoms with Crippen molar-refractivity contribution in [2.24, 2.45) is 0 Å². The number of alkyl halides is 1. The first-order chi connectivity index (χ1) is 6.88. The van der Waals surface area contributed by atoms with Gasteiger partial charge in [0.05, 0.1) is 0 Å². The highest BCUT2D eigenvalue weighted by atomic mass is 127. The van der Waals surface area contributed by atoms with Crippen molar-refractivity contribution in [2.75, 3.05) is 11.0 Å². The van der Waals surface area contributed by atoms with Gasteiger partial charge in [-0.25, -0.2) is 0 Å². The van der Waals surface area contributed by atoms with Crippen molar-refractivity contribution in [2.45, 2.75) is 24.9 Å². The molecule has 0 radical (unpaired) electrons.